The minimum Gasteiger partial charge on any atom is -0.492 e. The van der Waals surface area contributed by atoms with Crippen LogP contribution < -0.4 is 9.64 Å². The zero-order valence-electron chi connectivity index (χ0n) is 14.8. The van der Waals surface area contributed by atoms with Crippen LogP contribution in [0.2, 0.25) is 5.02 Å². The van der Waals surface area contributed by atoms with Gasteiger partial charge in [0.2, 0.25) is 0 Å². The lowest BCUT2D eigenvalue weighted by molar-refractivity contribution is 0.200. The highest BCUT2D eigenvalue weighted by molar-refractivity contribution is 6.30. The Morgan fingerprint density at radius 2 is 1.62 bits per heavy atom. The van der Waals surface area contributed by atoms with E-state index in [1.807, 2.05) is 18.2 Å². The summed E-state index contributed by atoms with van der Waals surface area (Å²) in [4.78, 5) is 4.86. The van der Waals surface area contributed by atoms with E-state index >= 15 is 0 Å². The van der Waals surface area contributed by atoms with Crippen molar-refractivity contribution < 1.29 is 4.74 Å². The smallest absolute Gasteiger partial charge is 0.120 e. The third-order valence-corrected chi connectivity index (χ3v) is 5.18. The molecule has 0 atom stereocenters. The van der Waals surface area contributed by atoms with Gasteiger partial charge in [0.05, 0.1) is 0 Å². The van der Waals surface area contributed by atoms with Gasteiger partial charge in [-0.25, -0.2) is 0 Å². The third-order valence-electron chi connectivity index (χ3n) is 4.94. The molecular formula is C22H23ClN2O. The van der Waals surface area contributed by atoms with Crippen molar-refractivity contribution in [2.45, 2.75) is 0 Å². The lowest BCUT2D eigenvalue weighted by Crippen LogP contribution is -2.47. The van der Waals surface area contributed by atoms with Gasteiger partial charge in [-0.1, -0.05) is 48.0 Å². The molecule has 26 heavy (non-hydrogen) atoms. The number of benzene rings is 3. The first kappa shape index (κ1) is 17.2. The molecule has 3 aromatic rings. The molecule has 0 aromatic heterocycles. The van der Waals surface area contributed by atoms with Crippen molar-refractivity contribution in [3.63, 3.8) is 0 Å². The van der Waals surface area contributed by atoms with Crippen LogP contribution >= 0.6 is 11.6 Å². The first-order chi connectivity index (χ1) is 12.8. The van der Waals surface area contributed by atoms with Crippen LogP contribution in [0.3, 0.4) is 0 Å². The van der Waals surface area contributed by atoms with Crippen LogP contribution in [0.25, 0.3) is 10.8 Å². The molecule has 0 spiro atoms. The molecule has 0 unspecified atom stereocenters. The predicted molar refractivity (Wildman–Crippen MR) is 110 cm³/mol. The molecule has 0 bridgehead atoms. The van der Waals surface area contributed by atoms with E-state index in [4.69, 9.17) is 16.3 Å². The minimum absolute atomic E-state index is 0.718. The molecule has 0 radical (unpaired) electrons. The maximum Gasteiger partial charge on any atom is 0.120 e. The summed E-state index contributed by atoms with van der Waals surface area (Å²) in [5.74, 6) is 0.946. The molecule has 0 N–H and O–H groups in total. The van der Waals surface area contributed by atoms with Gasteiger partial charge in [0.25, 0.3) is 0 Å². The molecular weight excluding hydrogens is 344 g/mol. The molecule has 0 aliphatic carbocycles. The Bertz CT molecular complexity index is 875. The standard InChI is InChI=1S/C22H23ClN2O/c23-20-6-3-7-21(17-20)25-12-10-24(11-13-25)14-15-26-22-9-8-18-4-1-2-5-19(18)16-22/h1-9,16-17H,10-15H2. The fourth-order valence-corrected chi connectivity index (χ4v) is 3.64. The second-order valence-electron chi connectivity index (χ2n) is 6.67. The molecule has 1 aliphatic heterocycles. The summed E-state index contributed by atoms with van der Waals surface area (Å²) < 4.78 is 5.97. The second-order valence-corrected chi connectivity index (χ2v) is 7.10. The summed E-state index contributed by atoms with van der Waals surface area (Å²) in [5, 5.41) is 3.27. The zero-order chi connectivity index (χ0) is 17.8. The van der Waals surface area contributed by atoms with Crippen LogP contribution in [-0.4, -0.2) is 44.2 Å². The maximum absolute atomic E-state index is 6.10. The van der Waals surface area contributed by atoms with E-state index < -0.39 is 0 Å². The van der Waals surface area contributed by atoms with Crippen molar-refractivity contribution in [2.24, 2.45) is 0 Å². The number of ether oxygens (including phenoxy) is 1. The predicted octanol–water partition coefficient (Wildman–Crippen LogP) is 4.69. The van der Waals surface area contributed by atoms with E-state index in [1.165, 1.54) is 16.5 Å². The number of nitrogens with zero attached hydrogens (tertiary/aromatic N) is 2. The average molecular weight is 367 g/mol. The van der Waals surface area contributed by atoms with E-state index in [1.54, 1.807) is 0 Å². The topological polar surface area (TPSA) is 15.7 Å². The fraction of sp³-hybridized carbons (Fsp3) is 0.273. The van der Waals surface area contributed by atoms with E-state index in [0.717, 1.165) is 50.1 Å². The van der Waals surface area contributed by atoms with Crippen molar-refractivity contribution in [3.8, 4) is 5.75 Å². The number of hydrogen-bond acceptors (Lipinski definition) is 3. The van der Waals surface area contributed by atoms with Crippen LogP contribution in [0.4, 0.5) is 5.69 Å². The lowest BCUT2D eigenvalue weighted by Gasteiger charge is -2.36. The van der Waals surface area contributed by atoms with Gasteiger partial charge in [0.15, 0.2) is 0 Å². The number of halogens is 1. The Morgan fingerprint density at radius 1 is 0.808 bits per heavy atom. The molecule has 0 amide bonds. The SMILES string of the molecule is Clc1cccc(N2CCN(CCOc3ccc4ccccc4c3)CC2)c1. The Balaban J connectivity index is 1.25. The summed E-state index contributed by atoms with van der Waals surface area (Å²) in [5.41, 5.74) is 1.21. The summed E-state index contributed by atoms with van der Waals surface area (Å²) in [6, 6.07) is 22.8. The van der Waals surface area contributed by atoms with Crippen LogP contribution in [0, 0.1) is 0 Å². The lowest BCUT2D eigenvalue weighted by atomic mass is 10.1. The largest absolute Gasteiger partial charge is 0.492 e. The van der Waals surface area contributed by atoms with Gasteiger partial charge >= 0.3 is 0 Å². The molecule has 4 rings (SSSR count). The third kappa shape index (κ3) is 4.12. The molecule has 4 heteroatoms. The van der Waals surface area contributed by atoms with Gasteiger partial charge in [0, 0.05) is 43.4 Å². The molecule has 1 saturated heterocycles. The van der Waals surface area contributed by atoms with Crippen LogP contribution in [0.5, 0.6) is 5.75 Å². The molecule has 1 aliphatic rings. The normalized spacial score (nSPS) is 15.3. The number of anilines is 1. The monoisotopic (exact) mass is 366 g/mol. The zero-order valence-corrected chi connectivity index (χ0v) is 15.5. The van der Waals surface area contributed by atoms with Gasteiger partial charge in [-0.05, 0) is 41.1 Å². The summed E-state index contributed by atoms with van der Waals surface area (Å²) >= 11 is 6.10. The number of fused-ring (bicyclic) bond motifs is 1. The molecule has 3 nitrogen and oxygen atoms in total. The summed E-state index contributed by atoms with van der Waals surface area (Å²) in [6.07, 6.45) is 0. The van der Waals surface area contributed by atoms with Gasteiger partial charge < -0.3 is 9.64 Å². The van der Waals surface area contributed by atoms with Crippen LogP contribution in [-0.2, 0) is 0 Å². The van der Waals surface area contributed by atoms with E-state index in [2.05, 4.69) is 58.3 Å². The first-order valence-electron chi connectivity index (χ1n) is 9.12. The molecule has 1 heterocycles. The highest BCUT2D eigenvalue weighted by Gasteiger charge is 2.17. The highest BCUT2D eigenvalue weighted by Crippen LogP contribution is 2.22. The van der Waals surface area contributed by atoms with Crippen molar-refractivity contribution >= 4 is 28.1 Å². The number of rotatable bonds is 5. The van der Waals surface area contributed by atoms with Crippen molar-refractivity contribution in [2.75, 3.05) is 44.2 Å². The van der Waals surface area contributed by atoms with Crippen molar-refractivity contribution in [1.82, 2.24) is 4.90 Å². The van der Waals surface area contributed by atoms with Crippen molar-refractivity contribution in [3.05, 3.63) is 71.8 Å². The number of piperazine rings is 1. The second kappa shape index (κ2) is 7.98. The Morgan fingerprint density at radius 3 is 2.42 bits per heavy atom. The highest BCUT2D eigenvalue weighted by atomic mass is 35.5. The van der Waals surface area contributed by atoms with Gasteiger partial charge in [-0.15, -0.1) is 0 Å². The summed E-state index contributed by atoms with van der Waals surface area (Å²) in [6.45, 7) is 5.82. The van der Waals surface area contributed by atoms with Crippen LogP contribution in [0.1, 0.15) is 0 Å². The average Bonchev–Trinajstić information content (AvgIpc) is 2.68. The van der Waals surface area contributed by atoms with E-state index in [0.29, 0.717) is 0 Å². The Kier molecular flexibility index (Phi) is 5.28. The quantitative estimate of drug-likeness (QED) is 0.651. The Labute approximate surface area is 159 Å². The van der Waals surface area contributed by atoms with Crippen LogP contribution in [0.15, 0.2) is 66.7 Å². The Hall–Kier alpha value is -2.23. The van der Waals surface area contributed by atoms with Gasteiger partial charge in [-0.3, -0.25) is 4.90 Å². The molecule has 3 aromatic carbocycles. The maximum atomic E-state index is 6.10. The van der Waals surface area contributed by atoms with E-state index in [-0.39, 0.29) is 0 Å². The minimum atomic E-state index is 0.718. The van der Waals surface area contributed by atoms with Gasteiger partial charge in [-0.2, -0.15) is 0 Å². The molecule has 134 valence electrons. The van der Waals surface area contributed by atoms with Crippen molar-refractivity contribution in [1.29, 1.82) is 0 Å². The molecule has 1 fully saturated rings. The number of hydrogen-bond donors (Lipinski definition) is 0. The first-order valence-corrected chi connectivity index (χ1v) is 9.50. The van der Waals surface area contributed by atoms with E-state index in [9.17, 15) is 0 Å². The van der Waals surface area contributed by atoms with Gasteiger partial charge in [0.1, 0.15) is 12.4 Å². The fourth-order valence-electron chi connectivity index (χ4n) is 3.45. The molecule has 0 saturated carbocycles. The summed E-state index contributed by atoms with van der Waals surface area (Å²) in [7, 11) is 0.